The van der Waals surface area contributed by atoms with Crippen LogP contribution in [0.25, 0.3) is 0 Å². The first-order valence-corrected chi connectivity index (χ1v) is 9.63. The van der Waals surface area contributed by atoms with Gasteiger partial charge in [0.05, 0.1) is 32.2 Å². The van der Waals surface area contributed by atoms with E-state index in [2.05, 4.69) is 5.10 Å². The van der Waals surface area contributed by atoms with Gasteiger partial charge in [0.2, 0.25) is 10.0 Å². The van der Waals surface area contributed by atoms with Crippen molar-refractivity contribution in [1.29, 1.82) is 0 Å². The molecule has 0 radical (unpaired) electrons. The minimum Gasteiger partial charge on any atom is -0.497 e. The van der Waals surface area contributed by atoms with E-state index in [9.17, 15) is 8.42 Å². The zero-order valence-electron chi connectivity index (χ0n) is 14.3. The SMILES string of the molecule is COc1ccc(C2=NN(S(C)(=O)=O)[C@H](c3ccccc3OC)C2)cc1. The lowest BCUT2D eigenvalue weighted by Crippen LogP contribution is -2.26. The highest BCUT2D eigenvalue weighted by molar-refractivity contribution is 7.88. The molecule has 3 rings (SSSR count). The smallest absolute Gasteiger partial charge is 0.247 e. The van der Waals surface area contributed by atoms with Crippen molar-refractivity contribution >= 4 is 15.7 Å². The molecule has 0 amide bonds. The number of para-hydroxylation sites is 1. The third-order valence-electron chi connectivity index (χ3n) is 4.13. The molecule has 2 aromatic rings. The molecular formula is C18H20N2O4S. The fourth-order valence-electron chi connectivity index (χ4n) is 2.93. The average molecular weight is 360 g/mol. The van der Waals surface area contributed by atoms with Crippen LogP contribution in [-0.4, -0.2) is 39.0 Å². The van der Waals surface area contributed by atoms with Gasteiger partial charge in [-0.25, -0.2) is 8.42 Å². The quantitative estimate of drug-likeness (QED) is 0.822. The van der Waals surface area contributed by atoms with Crippen LogP contribution in [0.1, 0.15) is 23.6 Å². The first-order chi connectivity index (χ1) is 11.9. The molecule has 1 aliphatic heterocycles. The van der Waals surface area contributed by atoms with Gasteiger partial charge in [0.25, 0.3) is 0 Å². The predicted molar refractivity (Wildman–Crippen MR) is 96.6 cm³/mol. The zero-order chi connectivity index (χ0) is 18.0. The molecule has 7 heteroatoms. The van der Waals surface area contributed by atoms with E-state index in [1.165, 1.54) is 4.41 Å². The predicted octanol–water partition coefficient (Wildman–Crippen LogP) is 2.81. The molecule has 1 heterocycles. The van der Waals surface area contributed by atoms with Gasteiger partial charge >= 0.3 is 0 Å². The van der Waals surface area contributed by atoms with Gasteiger partial charge in [-0.05, 0) is 35.9 Å². The van der Waals surface area contributed by atoms with E-state index >= 15 is 0 Å². The van der Waals surface area contributed by atoms with Crippen LogP contribution in [0.3, 0.4) is 0 Å². The number of benzene rings is 2. The summed E-state index contributed by atoms with van der Waals surface area (Å²) in [5, 5.41) is 4.38. The summed E-state index contributed by atoms with van der Waals surface area (Å²) >= 11 is 0. The highest BCUT2D eigenvalue weighted by atomic mass is 32.2. The Labute approximate surface area is 147 Å². The summed E-state index contributed by atoms with van der Waals surface area (Å²) in [4.78, 5) is 0. The summed E-state index contributed by atoms with van der Waals surface area (Å²) in [5.74, 6) is 1.39. The van der Waals surface area contributed by atoms with Crippen LogP contribution in [0.2, 0.25) is 0 Å². The average Bonchev–Trinajstić information content (AvgIpc) is 3.07. The van der Waals surface area contributed by atoms with Gasteiger partial charge in [-0.1, -0.05) is 18.2 Å². The van der Waals surface area contributed by atoms with Gasteiger partial charge < -0.3 is 9.47 Å². The second kappa shape index (κ2) is 6.76. The second-order valence-corrected chi connectivity index (χ2v) is 7.61. The van der Waals surface area contributed by atoms with Crippen molar-refractivity contribution in [3.05, 3.63) is 59.7 Å². The van der Waals surface area contributed by atoms with E-state index in [0.717, 1.165) is 23.1 Å². The van der Waals surface area contributed by atoms with Crippen LogP contribution in [0.5, 0.6) is 11.5 Å². The molecule has 132 valence electrons. The molecule has 0 bridgehead atoms. The zero-order valence-corrected chi connectivity index (χ0v) is 15.2. The highest BCUT2D eigenvalue weighted by Crippen LogP contribution is 2.38. The number of sulfonamides is 1. The lowest BCUT2D eigenvalue weighted by molar-refractivity contribution is 0.352. The molecule has 0 fully saturated rings. The van der Waals surface area contributed by atoms with Gasteiger partial charge in [-0.2, -0.15) is 9.52 Å². The lowest BCUT2D eigenvalue weighted by atomic mass is 9.98. The molecule has 1 atom stereocenters. The van der Waals surface area contributed by atoms with Crippen LogP contribution in [0.15, 0.2) is 53.6 Å². The van der Waals surface area contributed by atoms with Crippen LogP contribution in [-0.2, 0) is 10.0 Å². The number of rotatable bonds is 5. The Morgan fingerprint density at radius 1 is 1.04 bits per heavy atom. The van der Waals surface area contributed by atoms with E-state index in [4.69, 9.17) is 9.47 Å². The molecule has 0 spiro atoms. The Kier molecular flexibility index (Phi) is 4.67. The molecule has 0 saturated carbocycles. The standard InChI is InChI=1S/C18H20N2O4S/c1-23-14-10-8-13(9-11-14)16-12-17(20(19-16)25(3,21)22)15-6-4-5-7-18(15)24-2/h4-11,17H,12H2,1-3H3/t17-/m0/s1. The van der Waals surface area contributed by atoms with E-state index < -0.39 is 16.1 Å². The van der Waals surface area contributed by atoms with E-state index in [1.807, 2.05) is 48.5 Å². The van der Waals surface area contributed by atoms with Crippen molar-refractivity contribution in [2.24, 2.45) is 5.10 Å². The third-order valence-corrected chi connectivity index (χ3v) is 5.15. The fourth-order valence-corrected chi connectivity index (χ4v) is 3.82. The van der Waals surface area contributed by atoms with Gasteiger partial charge in [0.1, 0.15) is 11.5 Å². The summed E-state index contributed by atoms with van der Waals surface area (Å²) in [6, 6.07) is 14.4. The molecule has 1 aliphatic rings. The van der Waals surface area contributed by atoms with E-state index in [-0.39, 0.29) is 0 Å². The van der Waals surface area contributed by atoms with Crippen molar-refractivity contribution in [3.8, 4) is 11.5 Å². The first-order valence-electron chi connectivity index (χ1n) is 7.78. The maximum atomic E-state index is 12.3. The molecule has 6 nitrogen and oxygen atoms in total. The van der Waals surface area contributed by atoms with Crippen molar-refractivity contribution in [2.75, 3.05) is 20.5 Å². The normalized spacial score (nSPS) is 17.3. The van der Waals surface area contributed by atoms with Crippen molar-refractivity contribution in [3.63, 3.8) is 0 Å². The fraction of sp³-hybridized carbons (Fsp3) is 0.278. The molecule has 0 aromatic heterocycles. The molecular weight excluding hydrogens is 340 g/mol. The number of ether oxygens (including phenoxy) is 2. The summed E-state index contributed by atoms with van der Waals surface area (Å²) in [6.45, 7) is 0. The van der Waals surface area contributed by atoms with Crippen LogP contribution >= 0.6 is 0 Å². The molecule has 0 aliphatic carbocycles. The van der Waals surface area contributed by atoms with Crippen LogP contribution in [0, 0.1) is 0 Å². The first kappa shape index (κ1) is 17.3. The van der Waals surface area contributed by atoms with Gasteiger partial charge in [0, 0.05) is 12.0 Å². The summed E-state index contributed by atoms with van der Waals surface area (Å²) in [5.41, 5.74) is 2.37. The number of hydrogen-bond acceptors (Lipinski definition) is 5. The molecule has 2 aromatic carbocycles. The Bertz CT molecular complexity index is 892. The van der Waals surface area contributed by atoms with Gasteiger partial charge in [-0.3, -0.25) is 0 Å². The Balaban J connectivity index is 2.01. The Hall–Kier alpha value is -2.54. The van der Waals surface area contributed by atoms with E-state index in [0.29, 0.717) is 17.9 Å². The maximum absolute atomic E-state index is 12.3. The number of nitrogens with zero attached hydrogens (tertiary/aromatic N) is 2. The second-order valence-electron chi connectivity index (χ2n) is 5.77. The van der Waals surface area contributed by atoms with Gasteiger partial charge in [-0.15, -0.1) is 0 Å². The maximum Gasteiger partial charge on any atom is 0.247 e. The largest absolute Gasteiger partial charge is 0.497 e. The van der Waals surface area contributed by atoms with Crippen molar-refractivity contribution < 1.29 is 17.9 Å². The highest BCUT2D eigenvalue weighted by Gasteiger charge is 2.35. The number of methoxy groups -OCH3 is 2. The Morgan fingerprint density at radius 2 is 1.72 bits per heavy atom. The molecule has 0 saturated heterocycles. The van der Waals surface area contributed by atoms with Crippen molar-refractivity contribution in [2.45, 2.75) is 12.5 Å². The third kappa shape index (κ3) is 3.46. The van der Waals surface area contributed by atoms with Crippen molar-refractivity contribution in [1.82, 2.24) is 4.41 Å². The number of hydrazone groups is 1. The minimum absolute atomic E-state index is 0.428. The van der Waals surface area contributed by atoms with Crippen LogP contribution in [0.4, 0.5) is 0 Å². The van der Waals surface area contributed by atoms with E-state index in [1.54, 1.807) is 14.2 Å². The lowest BCUT2D eigenvalue weighted by Gasteiger charge is -2.23. The summed E-state index contributed by atoms with van der Waals surface area (Å²) in [7, 11) is -0.337. The number of hydrogen-bond donors (Lipinski definition) is 0. The summed E-state index contributed by atoms with van der Waals surface area (Å²) in [6.07, 6.45) is 1.63. The Morgan fingerprint density at radius 3 is 2.32 bits per heavy atom. The summed E-state index contributed by atoms with van der Waals surface area (Å²) < 4.78 is 36.2. The molecule has 0 unspecified atom stereocenters. The topological polar surface area (TPSA) is 68.2 Å². The monoisotopic (exact) mass is 360 g/mol. The minimum atomic E-state index is -3.51. The van der Waals surface area contributed by atoms with Gasteiger partial charge in [0.15, 0.2) is 0 Å². The van der Waals surface area contributed by atoms with Crippen LogP contribution < -0.4 is 9.47 Å². The molecule has 25 heavy (non-hydrogen) atoms. The molecule has 0 N–H and O–H groups in total.